The normalized spacial score (nSPS) is 10.1. The third kappa shape index (κ3) is 2.05. The maximum absolute atomic E-state index is 11.5. The zero-order chi connectivity index (χ0) is 11.5. The molecule has 0 atom stereocenters. The number of rotatable bonds is 2. The Morgan fingerprint density at radius 2 is 2.25 bits per heavy atom. The first kappa shape index (κ1) is 10.3. The highest BCUT2D eigenvalue weighted by Crippen LogP contribution is 2.15. The molecule has 2 rings (SSSR count). The first-order valence-electron chi connectivity index (χ1n) is 4.77. The smallest absolute Gasteiger partial charge is 0.249 e. The highest BCUT2D eigenvalue weighted by Gasteiger charge is 2.06. The molecule has 0 aliphatic heterocycles. The van der Waals surface area contributed by atoms with Gasteiger partial charge in [-0.05, 0) is 13.8 Å². The molecular weight excluding hydrogens is 206 g/mol. The lowest BCUT2D eigenvalue weighted by Gasteiger charge is -2.01. The molecular formula is C10H11N5O. The molecule has 0 bridgehead atoms. The molecule has 0 radical (unpaired) electrons. The number of amides is 1. The number of carbonyl (C=O) groups is 1. The fourth-order valence-corrected chi connectivity index (χ4v) is 1.28. The molecule has 0 aliphatic carbocycles. The second-order valence-electron chi connectivity index (χ2n) is 3.57. The summed E-state index contributed by atoms with van der Waals surface area (Å²) in [4.78, 5) is 19.5. The van der Waals surface area contributed by atoms with E-state index >= 15 is 0 Å². The molecule has 0 saturated carbocycles. The van der Waals surface area contributed by atoms with Crippen molar-refractivity contribution in [2.45, 2.75) is 13.8 Å². The molecule has 2 N–H and O–H groups in total. The molecule has 0 aromatic carbocycles. The lowest BCUT2D eigenvalue weighted by Crippen LogP contribution is -2.10. The van der Waals surface area contributed by atoms with E-state index in [1.54, 1.807) is 6.20 Å². The summed E-state index contributed by atoms with van der Waals surface area (Å²) in [7, 11) is 0. The summed E-state index contributed by atoms with van der Waals surface area (Å²) in [5.41, 5.74) is 1.53. The summed E-state index contributed by atoms with van der Waals surface area (Å²) in [5.74, 6) is 0.252. The summed E-state index contributed by atoms with van der Waals surface area (Å²) in [6.45, 7) is 3.71. The van der Waals surface area contributed by atoms with Gasteiger partial charge < -0.3 is 5.32 Å². The quantitative estimate of drug-likeness (QED) is 0.742. The van der Waals surface area contributed by atoms with E-state index < -0.39 is 0 Å². The number of nitrogens with one attached hydrogen (secondary N) is 2. The second kappa shape index (κ2) is 4.09. The number of hydrogen-bond acceptors (Lipinski definition) is 4. The van der Waals surface area contributed by atoms with Crippen LogP contribution in [0.5, 0.6) is 0 Å². The van der Waals surface area contributed by atoms with Crippen LogP contribution in [0.15, 0.2) is 24.2 Å². The van der Waals surface area contributed by atoms with Crippen LogP contribution < -0.4 is 5.32 Å². The second-order valence-corrected chi connectivity index (χ2v) is 3.57. The van der Waals surface area contributed by atoms with E-state index in [1.165, 1.54) is 12.4 Å². The number of aromatic amines is 1. The van der Waals surface area contributed by atoms with Crippen LogP contribution in [-0.4, -0.2) is 26.1 Å². The number of nitrogens with zero attached hydrogens (tertiary/aromatic N) is 3. The lowest BCUT2D eigenvalue weighted by atomic mass is 10.3. The van der Waals surface area contributed by atoms with E-state index in [9.17, 15) is 4.79 Å². The van der Waals surface area contributed by atoms with Crippen molar-refractivity contribution in [3.05, 3.63) is 24.2 Å². The topological polar surface area (TPSA) is 83.6 Å². The van der Waals surface area contributed by atoms with Crippen molar-refractivity contribution < 1.29 is 4.79 Å². The Morgan fingerprint density at radius 3 is 3.00 bits per heavy atom. The molecule has 0 saturated heterocycles. The van der Waals surface area contributed by atoms with Gasteiger partial charge in [0.25, 0.3) is 0 Å². The number of aromatic nitrogens is 4. The Bertz CT molecular complexity index is 553. The summed E-state index contributed by atoms with van der Waals surface area (Å²) in [6.07, 6.45) is 4.46. The van der Waals surface area contributed by atoms with E-state index in [-0.39, 0.29) is 5.91 Å². The van der Waals surface area contributed by atoms with Crippen LogP contribution in [0.1, 0.15) is 13.8 Å². The molecule has 6 heteroatoms. The number of carbonyl (C=O) groups excluding carboxylic acids is 1. The standard InChI is InChI=1S/C10H11N5O/c1-6(2)3-8(16)14-9-7-4-13-15-10(7)12-5-11-9/h3-5H,1-2H3,(H2,11,12,13,14,15,16). The molecule has 0 spiro atoms. The SMILES string of the molecule is CC(C)=CC(=O)Nc1ncnc2[nH]ncc12. The van der Waals surface area contributed by atoms with Crippen molar-refractivity contribution in [2.75, 3.05) is 5.32 Å². The van der Waals surface area contributed by atoms with Crippen molar-refractivity contribution >= 4 is 22.8 Å². The zero-order valence-electron chi connectivity index (χ0n) is 8.98. The molecule has 1 amide bonds. The van der Waals surface area contributed by atoms with Gasteiger partial charge in [0.2, 0.25) is 5.91 Å². The fourth-order valence-electron chi connectivity index (χ4n) is 1.28. The van der Waals surface area contributed by atoms with E-state index in [0.717, 1.165) is 5.57 Å². The van der Waals surface area contributed by atoms with Crippen LogP contribution in [0, 0.1) is 0 Å². The maximum Gasteiger partial charge on any atom is 0.249 e. The minimum Gasteiger partial charge on any atom is -0.306 e. The zero-order valence-corrected chi connectivity index (χ0v) is 8.98. The average Bonchev–Trinajstić information content (AvgIpc) is 2.65. The fraction of sp³-hybridized carbons (Fsp3) is 0.200. The Hall–Kier alpha value is -2.24. The number of H-pyrrole nitrogens is 1. The van der Waals surface area contributed by atoms with Crippen molar-refractivity contribution in [2.24, 2.45) is 0 Å². The molecule has 2 aromatic heterocycles. The highest BCUT2D eigenvalue weighted by molar-refractivity contribution is 6.03. The van der Waals surface area contributed by atoms with Crippen LogP contribution >= 0.6 is 0 Å². The van der Waals surface area contributed by atoms with E-state index in [4.69, 9.17) is 0 Å². The Kier molecular flexibility index (Phi) is 2.63. The molecule has 0 unspecified atom stereocenters. The molecule has 0 fully saturated rings. The third-order valence-electron chi connectivity index (χ3n) is 1.91. The Balaban J connectivity index is 2.31. The van der Waals surface area contributed by atoms with E-state index in [2.05, 4.69) is 25.5 Å². The van der Waals surface area contributed by atoms with Gasteiger partial charge in [0.05, 0.1) is 11.6 Å². The van der Waals surface area contributed by atoms with Crippen LogP contribution in [0.2, 0.25) is 0 Å². The minimum atomic E-state index is -0.207. The van der Waals surface area contributed by atoms with E-state index in [0.29, 0.717) is 16.9 Å². The van der Waals surface area contributed by atoms with Gasteiger partial charge in [0.1, 0.15) is 12.1 Å². The van der Waals surface area contributed by atoms with Crippen molar-refractivity contribution in [3.8, 4) is 0 Å². The van der Waals surface area contributed by atoms with Gasteiger partial charge >= 0.3 is 0 Å². The average molecular weight is 217 g/mol. The predicted octanol–water partition coefficient (Wildman–Crippen LogP) is 1.26. The largest absolute Gasteiger partial charge is 0.306 e. The van der Waals surface area contributed by atoms with Gasteiger partial charge in [0.15, 0.2) is 5.65 Å². The summed E-state index contributed by atoms with van der Waals surface area (Å²) in [5, 5.41) is 9.91. The molecule has 0 aliphatic rings. The Labute approximate surface area is 91.8 Å². The van der Waals surface area contributed by atoms with Gasteiger partial charge in [-0.3, -0.25) is 9.89 Å². The van der Waals surface area contributed by atoms with Crippen molar-refractivity contribution in [3.63, 3.8) is 0 Å². The third-order valence-corrected chi connectivity index (χ3v) is 1.91. The summed E-state index contributed by atoms with van der Waals surface area (Å²) >= 11 is 0. The first-order valence-corrected chi connectivity index (χ1v) is 4.77. The number of anilines is 1. The molecule has 2 heterocycles. The van der Waals surface area contributed by atoms with Gasteiger partial charge in [-0.2, -0.15) is 5.10 Å². The summed E-state index contributed by atoms with van der Waals surface area (Å²) in [6, 6.07) is 0. The molecule has 2 aromatic rings. The van der Waals surface area contributed by atoms with Crippen molar-refractivity contribution in [1.29, 1.82) is 0 Å². The van der Waals surface area contributed by atoms with Crippen LogP contribution in [-0.2, 0) is 4.79 Å². The van der Waals surface area contributed by atoms with E-state index in [1.807, 2.05) is 13.8 Å². The van der Waals surface area contributed by atoms with Gasteiger partial charge in [-0.15, -0.1) is 0 Å². The minimum absolute atomic E-state index is 0.207. The van der Waals surface area contributed by atoms with Crippen LogP contribution in [0.3, 0.4) is 0 Å². The maximum atomic E-state index is 11.5. The van der Waals surface area contributed by atoms with Gasteiger partial charge in [-0.25, -0.2) is 9.97 Å². The monoisotopic (exact) mass is 217 g/mol. The molecule has 82 valence electrons. The Morgan fingerprint density at radius 1 is 1.44 bits per heavy atom. The number of allylic oxidation sites excluding steroid dienone is 1. The van der Waals surface area contributed by atoms with Crippen LogP contribution in [0.4, 0.5) is 5.82 Å². The summed E-state index contributed by atoms with van der Waals surface area (Å²) < 4.78 is 0. The first-order chi connectivity index (χ1) is 7.66. The number of fused-ring (bicyclic) bond motifs is 1. The van der Waals surface area contributed by atoms with Gasteiger partial charge in [-0.1, -0.05) is 5.57 Å². The lowest BCUT2D eigenvalue weighted by molar-refractivity contribution is -0.112. The van der Waals surface area contributed by atoms with Crippen LogP contribution in [0.25, 0.3) is 11.0 Å². The number of hydrogen-bond donors (Lipinski definition) is 2. The highest BCUT2D eigenvalue weighted by atomic mass is 16.1. The molecule has 6 nitrogen and oxygen atoms in total. The predicted molar refractivity (Wildman–Crippen MR) is 59.7 cm³/mol. The molecule has 16 heavy (non-hydrogen) atoms. The van der Waals surface area contributed by atoms with Crippen molar-refractivity contribution in [1.82, 2.24) is 20.2 Å². The van der Waals surface area contributed by atoms with Gasteiger partial charge in [0, 0.05) is 6.08 Å².